The number of carbonyl (C=O) groups is 1. The Labute approximate surface area is 140 Å². The van der Waals surface area contributed by atoms with Gasteiger partial charge in [-0.2, -0.15) is 17.0 Å². The molecule has 0 atom stereocenters. The number of pyridine rings is 1. The number of aromatic carboxylic acids is 1. The molecule has 1 aliphatic heterocycles. The summed E-state index contributed by atoms with van der Waals surface area (Å²) in [4.78, 5) is 14.5. The number of thiol groups is 1. The van der Waals surface area contributed by atoms with Crippen molar-refractivity contribution in [1.82, 2.24) is 4.98 Å². The third-order valence-corrected chi connectivity index (χ3v) is 4.55. The molecule has 1 N–H and O–H groups in total. The smallest absolute Gasteiger partial charge is 0.478 e. The summed E-state index contributed by atoms with van der Waals surface area (Å²) in [5.74, 6) is -2.04. The fourth-order valence-electron chi connectivity index (χ4n) is 2.09. The molecule has 1 aromatic rings. The van der Waals surface area contributed by atoms with Crippen LogP contribution < -0.4 is 0 Å². The summed E-state index contributed by atoms with van der Waals surface area (Å²) in [5.41, 5.74) is -0.314. The van der Waals surface area contributed by atoms with Crippen LogP contribution in [0.3, 0.4) is 0 Å². The van der Waals surface area contributed by atoms with Crippen LogP contribution in [-0.2, 0) is 9.31 Å². The van der Waals surface area contributed by atoms with Gasteiger partial charge >= 0.3 is 13.1 Å². The molecule has 0 radical (unpaired) electrons. The van der Waals surface area contributed by atoms with E-state index in [0.717, 1.165) is 0 Å². The van der Waals surface area contributed by atoms with E-state index in [1.165, 1.54) is 12.3 Å². The van der Waals surface area contributed by atoms with Gasteiger partial charge in [-0.1, -0.05) is 6.08 Å². The second-order valence-corrected chi connectivity index (χ2v) is 6.69. The normalized spacial score (nSPS) is 19.9. The summed E-state index contributed by atoms with van der Waals surface area (Å²) in [6, 6.07) is 1.22. The van der Waals surface area contributed by atoms with Crippen molar-refractivity contribution in [2.45, 2.75) is 38.9 Å². The van der Waals surface area contributed by atoms with E-state index in [9.17, 15) is 9.18 Å². The van der Waals surface area contributed by atoms with Crippen molar-refractivity contribution in [3.05, 3.63) is 34.8 Å². The number of halogens is 1. The van der Waals surface area contributed by atoms with Gasteiger partial charge in [0.1, 0.15) is 5.56 Å². The molecule has 1 aromatic heterocycles. The van der Waals surface area contributed by atoms with Crippen LogP contribution in [0.2, 0.25) is 0 Å². The Morgan fingerprint density at radius 3 is 2.43 bits per heavy atom. The lowest BCUT2D eigenvalue weighted by molar-refractivity contribution is 0.00578. The molecule has 0 aromatic carbocycles. The highest BCUT2D eigenvalue weighted by atomic mass is 32.1. The van der Waals surface area contributed by atoms with E-state index in [2.05, 4.69) is 17.6 Å². The van der Waals surface area contributed by atoms with E-state index < -0.39 is 35.8 Å². The molecule has 0 bridgehead atoms. The van der Waals surface area contributed by atoms with Gasteiger partial charge in [0.2, 0.25) is 5.95 Å². The first-order chi connectivity index (χ1) is 10.6. The maximum Gasteiger partial charge on any atom is 0.491 e. The summed E-state index contributed by atoms with van der Waals surface area (Å²) < 4.78 is 25.2. The van der Waals surface area contributed by atoms with E-state index in [1.54, 1.807) is 6.08 Å². The monoisotopic (exact) mass is 339 g/mol. The molecule has 0 saturated carbocycles. The zero-order valence-corrected chi connectivity index (χ0v) is 14.4. The quantitative estimate of drug-likeness (QED) is 0.502. The van der Waals surface area contributed by atoms with E-state index >= 15 is 0 Å². The van der Waals surface area contributed by atoms with E-state index in [4.69, 9.17) is 14.4 Å². The van der Waals surface area contributed by atoms with Crippen LogP contribution in [0.4, 0.5) is 4.39 Å². The first-order valence-corrected chi connectivity index (χ1v) is 7.76. The summed E-state index contributed by atoms with van der Waals surface area (Å²) in [5, 5.41) is 8.97. The topological polar surface area (TPSA) is 68.7 Å². The molecule has 2 heterocycles. The number of rotatable bonds is 4. The second-order valence-electron chi connectivity index (χ2n) is 6.38. The van der Waals surface area contributed by atoms with Gasteiger partial charge in [0.15, 0.2) is 0 Å². The Balaban J connectivity index is 2.34. The predicted octanol–water partition coefficient (Wildman–Crippen LogP) is 2.86. The molecule has 8 heteroatoms. The van der Waals surface area contributed by atoms with Crippen LogP contribution >= 0.6 is 12.6 Å². The van der Waals surface area contributed by atoms with Crippen LogP contribution in [0.1, 0.15) is 43.6 Å². The zero-order chi connectivity index (χ0) is 17.4. The third kappa shape index (κ3) is 3.59. The maximum absolute atomic E-state index is 13.4. The number of hydrogen-bond donors (Lipinski definition) is 2. The van der Waals surface area contributed by atoms with Gasteiger partial charge in [-0.15, -0.1) is 0 Å². The third-order valence-electron chi connectivity index (χ3n) is 4.18. The fraction of sp³-hybridized carbons (Fsp3) is 0.467. The summed E-state index contributed by atoms with van der Waals surface area (Å²) >= 11 is 4.28. The molecular weight excluding hydrogens is 320 g/mol. The summed E-state index contributed by atoms with van der Waals surface area (Å²) in [7, 11) is -0.601. The van der Waals surface area contributed by atoms with Crippen molar-refractivity contribution in [3.63, 3.8) is 0 Å². The van der Waals surface area contributed by atoms with Gasteiger partial charge in [-0.25, -0.2) is 9.78 Å². The van der Waals surface area contributed by atoms with Crippen LogP contribution in [0, 0.1) is 5.95 Å². The largest absolute Gasteiger partial charge is 0.491 e. The van der Waals surface area contributed by atoms with Crippen molar-refractivity contribution < 1.29 is 23.6 Å². The second kappa shape index (κ2) is 6.26. The Bertz CT molecular complexity index is 647. The molecule has 0 amide bonds. The molecule has 23 heavy (non-hydrogen) atoms. The minimum atomic E-state index is -1.37. The number of carboxylic acid groups (broad SMARTS) is 1. The Kier molecular flexibility index (Phi) is 4.89. The van der Waals surface area contributed by atoms with Gasteiger partial charge in [0.25, 0.3) is 0 Å². The number of aromatic nitrogens is 1. The van der Waals surface area contributed by atoms with Crippen molar-refractivity contribution >= 4 is 31.8 Å². The highest BCUT2D eigenvalue weighted by Crippen LogP contribution is 2.39. The molecule has 1 aliphatic rings. The van der Waals surface area contributed by atoms with Gasteiger partial charge in [-0.05, 0) is 44.8 Å². The fourth-order valence-corrected chi connectivity index (χ4v) is 2.33. The Morgan fingerprint density at radius 2 is 1.96 bits per heavy atom. The minimum Gasteiger partial charge on any atom is -0.478 e. The van der Waals surface area contributed by atoms with Crippen LogP contribution in [0.25, 0.3) is 6.08 Å². The molecule has 1 saturated heterocycles. The van der Waals surface area contributed by atoms with Crippen LogP contribution in [0.5, 0.6) is 0 Å². The van der Waals surface area contributed by atoms with E-state index in [0.29, 0.717) is 16.8 Å². The Morgan fingerprint density at radius 1 is 1.39 bits per heavy atom. The van der Waals surface area contributed by atoms with E-state index in [1.807, 2.05) is 27.7 Å². The van der Waals surface area contributed by atoms with E-state index in [-0.39, 0.29) is 0 Å². The molecule has 124 valence electrons. The molecule has 5 nitrogen and oxygen atoms in total. The first kappa shape index (κ1) is 18.0. The molecule has 0 unspecified atom stereocenters. The first-order valence-electron chi connectivity index (χ1n) is 7.13. The lowest BCUT2D eigenvalue weighted by atomic mass is 9.78. The van der Waals surface area contributed by atoms with Crippen LogP contribution in [-0.4, -0.2) is 40.1 Å². The minimum absolute atomic E-state index is 0.344. The number of carboxylic acids is 1. The van der Waals surface area contributed by atoms with Crippen molar-refractivity contribution in [2.75, 3.05) is 5.75 Å². The van der Waals surface area contributed by atoms with Crippen LogP contribution in [0.15, 0.2) is 17.7 Å². The predicted molar refractivity (Wildman–Crippen MR) is 89.1 cm³/mol. The van der Waals surface area contributed by atoms with Crippen molar-refractivity contribution in [3.8, 4) is 0 Å². The number of hydrogen-bond acceptors (Lipinski definition) is 5. The van der Waals surface area contributed by atoms with Gasteiger partial charge < -0.3 is 14.4 Å². The lowest BCUT2D eigenvalue weighted by Gasteiger charge is -2.32. The Hall–Kier alpha value is -1.38. The van der Waals surface area contributed by atoms with Gasteiger partial charge in [-0.3, -0.25) is 0 Å². The SMILES string of the molecule is CC1(C)OB(C(=Cc2cnc(F)c(C(=O)O)c2)CS)OC1(C)C. The highest BCUT2D eigenvalue weighted by molar-refractivity contribution is 7.80. The van der Waals surface area contributed by atoms with Gasteiger partial charge in [0, 0.05) is 11.9 Å². The summed E-state index contributed by atoms with van der Waals surface area (Å²) in [6.07, 6.45) is 2.92. The summed E-state index contributed by atoms with van der Waals surface area (Å²) in [6.45, 7) is 7.74. The zero-order valence-electron chi connectivity index (χ0n) is 13.5. The molecule has 1 fully saturated rings. The average molecular weight is 339 g/mol. The lowest BCUT2D eigenvalue weighted by Crippen LogP contribution is -2.41. The van der Waals surface area contributed by atoms with Gasteiger partial charge in [0.05, 0.1) is 11.2 Å². The molecule has 2 rings (SSSR count). The molecule has 0 aliphatic carbocycles. The maximum atomic E-state index is 13.4. The molecular formula is C15H19BFNO4S. The van der Waals surface area contributed by atoms with Crippen molar-refractivity contribution in [1.29, 1.82) is 0 Å². The standard InChI is InChI=1S/C15H19BFNO4S/c1-14(2)15(3,4)22-16(21-14)10(8-23)5-9-6-11(13(19)20)12(17)18-7-9/h5-7,23H,8H2,1-4H3,(H,19,20). The highest BCUT2D eigenvalue weighted by Gasteiger charge is 2.52. The molecule has 0 spiro atoms. The average Bonchev–Trinajstić information content (AvgIpc) is 2.66. The van der Waals surface area contributed by atoms with Crippen molar-refractivity contribution in [2.24, 2.45) is 0 Å². The number of nitrogens with zero attached hydrogens (tertiary/aromatic N) is 1.